The number of H-pyrrole nitrogens is 1. The van der Waals surface area contributed by atoms with Crippen molar-refractivity contribution in [2.24, 2.45) is 0 Å². The number of hydrogen-bond donors (Lipinski definition) is 4. The summed E-state index contributed by atoms with van der Waals surface area (Å²) in [5.74, 6) is -2.70. The number of aromatic nitrogens is 2. The third-order valence-corrected chi connectivity index (χ3v) is 2.88. The van der Waals surface area contributed by atoms with Gasteiger partial charge in [0.05, 0.1) is 17.6 Å². The summed E-state index contributed by atoms with van der Waals surface area (Å²) in [6.45, 7) is 0. The number of nitrogens with two attached hydrogens (primary N) is 1. The van der Waals surface area contributed by atoms with E-state index in [0.29, 0.717) is 5.69 Å². The number of aromatic amines is 1. The van der Waals surface area contributed by atoms with Gasteiger partial charge in [-0.25, -0.2) is 14.2 Å². The summed E-state index contributed by atoms with van der Waals surface area (Å²) in [4.78, 5) is 29.7. The number of amides is 1. The molecule has 0 aliphatic heterocycles. The Hall–Kier alpha value is -2.90. The SMILES string of the molecule is Nc1c(F)cccc1C(=O)N[C@H](Cc1cnc[nH]1)C(=O)O. The number of benzene rings is 1. The second kappa shape index (κ2) is 6.04. The van der Waals surface area contributed by atoms with Gasteiger partial charge < -0.3 is 21.1 Å². The highest BCUT2D eigenvalue weighted by Crippen LogP contribution is 2.15. The summed E-state index contributed by atoms with van der Waals surface area (Å²) < 4.78 is 13.3. The van der Waals surface area contributed by atoms with Crippen molar-refractivity contribution in [1.29, 1.82) is 0 Å². The van der Waals surface area contributed by atoms with Gasteiger partial charge in [-0.1, -0.05) is 6.07 Å². The number of rotatable bonds is 5. The van der Waals surface area contributed by atoms with Crippen molar-refractivity contribution in [3.05, 3.63) is 47.8 Å². The smallest absolute Gasteiger partial charge is 0.326 e. The van der Waals surface area contributed by atoms with Gasteiger partial charge in [0.2, 0.25) is 0 Å². The first-order chi connectivity index (χ1) is 9.99. The van der Waals surface area contributed by atoms with Gasteiger partial charge in [-0.15, -0.1) is 0 Å². The van der Waals surface area contributed by atoms with E-state index in [1.165, 1.54) is 24.7 Å². The van der Waals surface area contributed by atoms with E-state index in [9.17, 15) is 14.0 Å². The molecule has 1 heterocycles. The molecule has 1 aromatic carbocycles. The van der Waals surface area contributed by atoms with Gasteiger partial charge in [0, 0.05) is 18.3 Å². The van der Waals surface area contributed by atoms with E-state index in [0.717, 1.165) is 6.07 Å². The number of carbonyl (C=O) groups is 2. The quantitative estimate of drug-likeness (QED) is 0.600. The summed E-state index contributed by atoms with van der Waals surface area (Å²) in [5.41, 5.74) is 5.60. The van der Waals surface area contributed by atoms with Crippen LogP contribution in [-0.4, -0.2) is 33.0 Å². The molecule has 1 atom stereocenters. The Labute approximate surface area is 119 Å². The Morgan fingerprint density at radius 2 is 2.24 bits per heavy atom. The Morgan fingerprint density at radius 3 is 2.86 bits per heavy atom. The lowest BCUT2D eigenvalue weighted by Crippen LogP contribution is -2.42. The van der Waals surface area contributed by atoms with E-state index in [2.05, 4.69) is 15.3 Å². The Kier molecular flexibility index (Phi) is 4.17. The normalized spacial score (nSPS) is 11.9. The number of para-hydroxylation sites is 1. The van der Waals surface area contributed by atoms with Gasteiger partial charge >= 0.3 is 5.97 Å². The van der Waals surface area contributed by atoms with E-state index < -0.39 is 23.7 Å². The number of carboxylic acid groups (broad SMARTS) is 1. The molecule has 0 saturated carbocycles. The molecule has 0 saturated heterocycles. The number of nitrogens with zero attached hydrogens (tertiary/aromatic N) is 1. The second-order valence-electron chi connectivity index (χ2n) is 4.35. The highest BCUT2D eigenvalue weighted by molar-refractivity contribution is 6.00. The lowest BCUT2D eigenvalue weighted by Gasteiger charge is -2.14. The summed E-state index contributed by atoms with van der Waals surface area (Å²) >= 11 is 0. The van der Waals surface area contributed by atoms with Crippen molar-refractivity contribution in [3.63, 3.8) is 0 Å². The summed E-state index contributed by atoms with van der Waals surface area (Å²) in [5, 5.41) is 11.4. The average Bonchev–Trinajstić information content (AvgIpc) is 2.93. The fourth-order valence-electron chi connectivity index (χ4n) is 1.79. The Balaban J connectivity index is 2.15. The molecule has 0 unspecified atom stereocenters. The highest BCUT2D eigenvalue weighted by Gasteiger charge is 2.23. The van der Waals surface area contributed by atoms with Crippen LogP contribution in [0.2, 0.25) is 0 Å². The van der Waals surface area contributed by atoms with E-state index in [-0.39, 0.29) is 17.7 Å². The van der Waals surface area contributed by atoms with Crippen LogP contribution in [0, 0.1) is 5.82 Å². The number of carbonyl (C=O) groups excluding carboxylic acids is 1. The number of nitrogens with one attached hydrogen (secondary N) is 2. The number of anilines is 1. The zero-order chi connectivity index (χ0) is 15.4. The average molecular weight is 292 g/mol. The predicted molar refractivity (Wildman–Crippen MR) is 72.0 cm³/mol. The van der Waals surface area contributed by atoms with Gasteiger partial charge in [-0.05, 0) is 12.1 Å². The number of imidazole rings is 1. The van der Waals surface area contributed by atoms with Crippen LogP contribution in [-0.2, 0) is 11.2 Å². The minimum absolute atomic E-state index is 0.0241. The molecule has 0 aliphatic carbocycles. The van der Waals surface area contributed by atoms with Crippen molar-refractivity contribution in [3.8, 4) is 0 Å². The standard InChI is InChI=1S/C13H13FN4O3/c14-9-3-1-2-8(11(9)15)12(19)18-10(13(20)21)4-7-5-16-6-17-7/h1-3,5-6,10H,4,15H2,(H,16,17)(H,18,19)(H,20,21)/t10-/m1/s1. The topological polar surface area (TPSA) is 121 Å². The first-order valence-corrected chi connectivity index (χ1v) is 6.04. The minimum Gasteiger partial charge on any atom is -0.480 e. The van der Waals surface area contributed by atoms with E-state index in [1.807, 2.05) is 0 Å². The molecule has 5 N–H and O–H groups in total. The number of hydrogen-bond acceptors (Lipinski definition) is 4. The fourth-order valence-corrected chi connectivity index (χ4v) is 1.79. The van der Waals surface area contributed by atoms with E-state index in [1.54, 1.807) is 0 Å². The molecule has 2 aromatic rings. The molecule has 0 fully saturated rings. The first-order valence-electron chi connectivity index (χ1n) is 6.04. The summed E-state index contributed by atoms with van der Waals surface area (Å²) in [6.07, 6.45) is 2.88. The van der Waals surface area contributed by atoms with Gasteiger partial charge in [-0.2, -0.15) is 0 Å². The molecule has 1 aromatic heterocycles. The molecular weight excluding hydrogens is 279 g/mol. The molecule has 8 heteroatoms. The molecule has 2 rings (SSSR count). The number of carboxylic acids is 1. The van der Waals surface area contributed by atoms with Crippen molar-refractivity contribution in [1.82, 2.24) is 15.3 Å². The molecule has 21 heavy (non-hydrogen) atoms. The third-order valence-electron chi connectivity index (χ3n) is 2.88. The maximum atomic E-state index is 13.3. The van der Waals surface area contributed by atoms with Crippen molar-refractivity contribution in [2.75, 3.05) is 5.73 Å². The van der Waals surface area contributed by atoms with Gasteiger partial charge in [-0.3, -0.25) is 4.79 Å². The monoisotopic (exact) mass is 292 g/mol. The maximum Gasteiger partial charge on any atom is 0.326 e. The molecule has 7 nitrogen and oxygen atoms in total. The van der Waals surface area contributed by atoms with Crippen molar-refractivity contribution < 1.29 is 19.1 Å². The van der Waals surface area contributed by atoms with Crippen LogP contribution in [0.5, 0.6) is 0 Å². The number of nitrogen functional groups attached to an aromatic ring is 1. The Bertz CT molecular complexity index is 657. The molecular formula is C13H13FN4O3. The largest absolute Gasteiger partial charge is 0.480 e. The van der Waals surface area contributed by atoms with Crippen molar-refractivity contribution >= 4 is 17.6 Å². The zero-order valence-electron chi connectivity index (χ0n) is 10.8. The van der Waals surface area contributed by atoms with Gasteiger partial charge in [0.15, 0.2) is 0 Å². The summed E-state index contributed by atoms with van der Waals surface area (Å²) in [7, 11) is 0. The van der Waals surface area contributed by atoms with Crippen LogP contribution in [0.4, 0.5) is 10.1 Å². The van der Waals surface area contributed by atoms with Crippen LogP contribution >= 0.6 is 0 Å². The molecule has 0 bridgehead atoms. The van der Waals surface area contributed by atoms with Crippen LogP contribution in [0.15, 0.2) is 30.7 Å². The number of aliphatic carboxylic acids is 1. The summed E-state index contributed by atoms with van der Waals surface area (Å²) in [6, 6.07) is 2.58. The Morgan fingerprint density at radius 1 is 1.48 bits per heavy atom. The lowest BCUT2D eigenvalue weighted by atomic mass is 10.1. The van der Waals surface area contributed by atoms with Gasteiger partial charge in [0.1, 0.15) is 11.9 Å². The lowest BCUT2D eigenvalue weighted by molar-refractivity contribution is -0.139. The van der Waals surface area contributed by atoms with Gasteiger partial charge in [0.25, 0.3) is 5.91 Å². The molecule has 0 radical (unpaired) electrons. The van der Waals surface area contributed by atoms with Crippen LogP contribution in [0.1, 0.15) is 16.1 Å². The van der Waals surface area contributed by atoms with Crippen molar-refractivity contribution in [2.45, 2.75) is 12.5 Å². The van der Waals surface area contributed by atoms with E-state index in [4.69, 9.17) is 10.8 Å². The highest BCUT2D eigenvalue weighted by atomic mass is 19.1. The van der Waals surface area contributed by atoms with Crippen LogP contribution in [0.3, 0.4) is 0 Å². The molecule has 1 amide bonds. The van der Waals surface area contributed by atoms with Crippen LogP contribution in [0.25, 0.3) is 0 Å². The van der Waals surface area contributed by atoms with Crippen LogP contribution < -0.4 is 11.1 Å². The predicted octanol–water partition coefficient (Wildman–Crippen LogP) is 0.557. The fraction of sp³-hybridized carbons (Fsp3) is 0.154. The maximum absolute atomic E-state index is 13.3. The zero-order valence-corrected chi connectivity index (χ0v) is 10.8. The minimum atomic E-state index is -1.21. The van der Waals surface area contributed by atoms with E-state index >= 15 is 0 Å². The first kappa shape index (κ1) is 14.5. The third kappa shape index (κ3) is 3.35. The number of halogens is 1. The molecule has 0 aliphatic rings. The molecule has 0 spiro atoms. The molecule has 110 valence electrons. The second-order valence-corrected chi connectivity index (χ2v) is 4.35.